The Labute approximate surface area is 263 Å². The summed E-state index contributed by atoms with van der Waals surface area (Å²) in [5.41, 5.74) is 3.57. The number of aromatic nitrogens is 3. The first-order chi connectivity index (χ1) is 21.1. The number of methoxy groups -OCH3 is 2. The van der Waals surface area contributed by atoms with E-state index in [9.17, 15) is 9.59 Å². The van der Waals surface area contributed by atoms with Gasteiger partial charge in [0, 0.05) is 42.5 Å². The number of amides is 2. The van der Waals surface area contributed by atoms with E-state index in [1.165, 1.54) is 17.3 Å². The number of thioether (sulfide) groups is 1. The third-order valence-electron chi connectivity index (χ3n) is 7.86. The highest BCUT2D eigenvalue weighted by molar-refractivity contribution is 7.99. The zero-order valence-electron chi connectivity index (χ0n) is 26.1. The van der Waals surface area contributed by atoms with E-state index >= 15 is 0 Å². The number of hydrogen-bond donors (Lipinski definition) is 0. The minimum atomic E-state index is -0.102. The molecule has 9 nitrogen and oxygen atoms in total. The van der Waals surface area contributed by atoms with Crippen molar-refractivity contribution in [1.29, 1.82) is 0 Å². The summed E-state index contributed by atoms with van der Waals surface area (Å²) < 4.78 is 12.7. The third-order valence-corrected chi connectivity index (χ3v) is 8.77. The van der Waals surface area contributed by atoms with Crippen molar-refractivity contribution in [3.05, 3.63) is 83.9 Å². The summed E-state index contributed by atoms with van der Waals surface area (Å²) in [5.74, 6) is 2.28. The first kappa shape index (κ1) is 31.1. The molecule has 0 spiro atoms. The van der Waals surface area contributed by atoms with Crippen LogP contribution in [0.5, 0.6) is 11.5 Å². The van der Waals surface area contributed by atoms with Crippen LogP contribution in [-0.2, 0) is 10.2 Å². The highest BCUT2D eigenvalue weighted by atomic mass is 32.2. The normalized spacial score (nSPS) is 15.3. The standard InChI is InChI=1S/C34H39N5O4S/c1-23-21-37(18-19-38(23)32(41)24-10-12-26(13-11-24)34(2,3)4)30(40)22-44-33-36-35-31(25-8-7-9-29(20-25)43-6)39(33)27-14-16-28(42-5)17-15-27/h7-17,20,23H,18-19,21-22H2,1-6H3. The van der Waals surface area contributed by atoms with Gasteiger partial charge in [-0.2, -0.15) is 0 Å². The van der Waals surface area contributed by atoms with E-state index in [1.54, 1.807) is 14.2 Å². The molecule has 1 unspecified atom stereocenters. The van der Waals surface area contributed by atoms with Crippen molar-refractivity contribution in [3.8, 4) is 28.6 Å². The van der Waals surface area contributed by atoms with Crippen molar-refractivity contribution in [2.45, 2.75) is 44.3 Å². The SMILES string of the molecule is COc1ccc(-n2c(SCC(=O)N3CCN(C(=O)c4ccc(C(C)(C)C)cc4)C(C)C3)nnc2-c2cccc(OC)c2)cc1. The Balaban J connectivity index is 1.28. The second-order valence-electron chi connectivity index (χ2n) is 11.9. The fraction of sp³-hybridized carbons (Fsp3) is 0.353. The maximum absolute atomic E-state index is 13.4. The minimum Gasteiger partial charge on any atom is -0.497 e. The summed E-state index contributed by atoms with van der Waals surface area (Å²) in [5, 5.41) is 9.56. The van der Waals surface area contributed by atoms with Gasteiger partial charge >= 0.3 is 0 Å². The molecule has 0 saturated carbocycles. The summed E-state index contributed by atoms with van der Waals surface area (Å²) in [6, 6.07) is 23.0. The second kappa shape index (κ2) is 13.1. The molecule has 0 N–H and O–H groups in total. The van der Waals surface area contributed by atoms with Crippen molar-refractivity contribution < 1.29 is 19.1 Å². The largest absolute Gasteiger partial charge is 0.497 e. The van der Waals surface area contributed by atoms with Crippen molar-refractivity contribution in [1.82, 2.24) is 24.6 Å². The summed E-state index contributed by atoms with van der Waals surface area (Å²) in [4.78, 5) is 30.4. The van der Waals surface area contributed by atoms with Gasteiger partial charge in [-0.3, -0.25) is 14.2 Å². The number of rotatable bonds is 8. The van der Waals surface area contributed by atoms with E-state index in [0.717, 1.165) is 17.0 Å². The van der Waals surface area contributed by atoms with Gasteiger partial charge in [0.15, 0.2) is 11.0 Å². The third kappa shape index (κ3) is 6.75. The van der Waals surface area contributed by atoms with E-state index in [1.807, 2.05) is 94.1 Å². The summed E-state index contributed by atoms with van der Waals surface area (Å²) in [6.45, 7) is 9.91. The minimum absolute atomic E-state index is 0.00269. The molecule has 2 heterocycles. The lowest BCUT2D eigenvalue weighted by Gasteiger charge is -2.40. The van der Waals surface area contributed by atoms with Crippen LogP contribution in [0, 0.1) is 0 Å². The van der Waals surface area contributed by atoms with Gasteiger partial charge in [0.1, 0.15) is 11.5 Å². The molecule has 1 atom stereocenters. The number of carbonyl (C=O) groups is 2. The molecule has 1 saturated heterocycles. The Morgan fingerprint density at radius 1 is 0.909 bits per heavy atom. The lowest BCUT2D eigenvalue weighted by Crippen LogP contribution is -2.55. The highest BCUT2D eigenvalue weighted by Crippen LogP contribution is 2.31. The zero-order valence-corrected chi connectivity index (χ0v) is 26.9. The predicted octanol–water partition coefficient (Wildman–Crippen LogP) is 5.71. The Bertz CT molecular complexity index is 1610. The first-order valence-corrected chi connectivity index (χ1v) is 15.6. The molecule has 4 aromatic rings. The first-order valence-electron chi connectivity index (χ1n) is 14.7. The van der Waals surface area contributed by atoms with Crippen LogP contribution in [-0.4, -0.2) is 82.0 Å². The van der Waals surface area contributed by atoms with Crippen LogP contribution in [0.1, 0.15) is 43.6 Å². The lowest BCUT2D eigenvalue weighted by molar-refractivity contribution is -0.130. The molecule has 1 aliphatic rings. The van der Waals surface area contributed by atoms with Crippen LogP contribution < -0.4 is 9.47 Å². The van der Waals surface area contributed by atoms with Crippen LogP contribution in [0.3, 0.4) is 0 Å². The van der Waals surface area contributed by atoms with E-state index in [4.69, 9.17) is 9.47 Å². The van der Waals surface area contributed by atoms with E-state index in [-0.39, 0.29) is 29.0 Å². The van der Waals surface area contributed by atoms with Crippen LogP contribution in [0.4, 0.5) is 0 Å². The van der Waals surface area contributed by atoms with Gasteiger partial charge in [-0.15, -0.1) is 10.2 Å². The summed E-state index contributed by atoms with van der Waals surface area (Å²) in [7, 11) is 3.25. The van der Waals surface area contributed by atoms with Gasteiger partial charge in [0.2, 0.25) is 5.91 Å². The van der Waals surface area contributed by atoms with Crippen LogP contribution in [0.25, 0.3) is 17.1 Å². The summed E-state index contributed by atoms with van der Waals surface area (Å²) in [6.07, 6.45) is 0. The Hall–Kier alpha value is -4.31. The fourth-order valence-electron chi connectivity index (χ4n) is 5.26. The molecule has 10 heteroatoms. The number of benzene rings is 3. The Kier molecular flexibility index (Phi) is 9.29. The average molecular weight is 614 g/mol. The van der Waals surface area contributed by atoms with E-state index < -0.39 is 0 Å². The predicted molar refractivity (Wildman–Crippen MR) is 173 cm³/mol. The van der Waals surface area contributed by atoms with Crippen molar-refractivity contribution in [3.63, 3.8) is 0 Å². The van der Waals surface area contributed by atoms with Crippen LogP contribution >= 0.6 is 11.8 Å². The molecule has 0 aliphatic carbocycles. The zero-order chi connectivity index (χ0) is 31.4. The highest BCUT2D eigenvalue weighted by Gasteiger charge is 2.31. The van der Waals surface area contributed by atoms with Gasteiger partial charge in [-0.1, -0.05) is 56.8 Å². The fourth-order valence-corrected chi connectivity index (χ4v) is 6.11. The van der Waals surface area contributed by atoms with E-state index in [0.29, 0.717) is 41.9 Å². The molecule has 230 valence electrons. The van der Waals surface area contributed by atoms with Gasteiger partial charge in [-0.05, 0) is 66.4 Å². The number of ether oxygens (including phenoxy) is 2. The Morgan fingerprint density at radius 3 is 2.25 bits per heavy atom. The monoisotopic (exact) mass is 613 g/mol. The molecule has 5 rings (SSSR count). The maximum atomic E-state index is 13.4. The number of hydrogen-bond acceptors (Lipinski definition) is 7. The maximum Gasteiger partial charge on any atom is 0.254 e. The van der Waals surface area contributed by atoms with Crippen LogP contribution in [0.2, 0.25) is 0 Å². The van der Waals surface area contributed by atoms with Crippen molar-refractivity contribution in [2.75, 3.05) is 39.6 Å². The van der Waals surface area contributed by atoms with Gasteiger partial charge in [-0.25, -0.2) is 0 Å². The smallest absolute Gasteiger partial charge is 0.254 e. The van der Waals surface area contributed by atoms with Gasteiger partial charge < -0.3 is 19.3 Å². The number of nitrogens with zero attached hydrogens (tertiary/aromatic N) is 5. The molecular weight excluding hydrogens is 574 g/mol. The summed E-state index contributed by atoms with van der Waals surface area (Å²) >= 11 is 1.34. The molecule has 0 bridgehead atoms. The lowest BCUT2D eigenvalue weighted by atomic mass is 9.86. The van der Waals surface area contributed by atoms with Crippen LogP contribution in [0.15, 0.2) is 78.0 Å². The topological polar surface area (TPSA) is 89.8 Å². The molecule has 2 amide bonds. The molecular formula is C34H39N5O4S. The second-order valence-corrected chi connectivity index (χ2v) is 12.8. The molecule has 1 aliphatic heterocycles. The molecule has 1 fully saturated rings. The molecule has 1 aromatic heterocycles. The Morgan fingerprint density at radius 2 is 1.61 bits per heavy atom. The quantitative estimate of drug-likeness (QED) is 0.235. The molecule has 0 radical (unpaired) electrons. The number of carbonyl (C=O) groups excluding carboxylic acids is 2. The van der Waals surface area contributed by atoms with Gasteiger partial charge in [0.05, 0.1) is 20.0 Å². The number of piperazine rings is 1. The molecule has 3 aromatic carbocycles. The van der Waals surface area contributed by atoms with Crippen molar-refractivity contribution in [2.24, 2.45) is 0 Å². The average Bonchev–Trinajstić information content (AvgIpc) is 3.47. The molecule has 44 heavy (non-hydrogen) atoms. The van der Waals surface area contributed by atoms with E-state index in [2.05, 4.69) is 31.0 Å². The van der Waals surface area contributed by atoms with Crippen molar-refractivity contribution >= 4 is 23.6 Å². The van der Waals surface area contributed by atoms with Gasteiger partial charge in [0.25, 0.3) is 5.91 Å².